The molecule has 2 aromatic carbocycles. The van der Waals surface area contributed by atoms with Gasteiger partial charge in [0.05, 0.1) is 25.8 Å². The van der Waals surface area contributed by atoms with Crippen molar-refractivity contribution < 1.29 is 19.1 Å². The zero-order chi connectivity index (χ0) is 22.0. The Balaban J connectivity index is 1.46. The summed E-state index contributed by atoms with van der Waals surface area (Å²) in [6.07, 6.45) is 1.46. The number of nitrogens with zero attached hydrogens (tertiary/aromatic N) is 1. The number of benzene rings is 2. The number of amides is 2. The molecule has 3 aromatic rings. The van der Waals surface area contributed by atoms with Gasteiger partial charge in [-0.3, -0.25) is 14.9 Å². The van der Waals surface area contributed by atoms with Crippen LogP contribution in [0.3, 0.4) is 0 Å². The molecule has 1 atom stereocenters. The number of carbonyl (C=O) groups is 2. The summed E-state index contributed by atoms with van der Waals surface area (Å²) in [7, 11) is 3.11. The summed E-state index contributed by atoms with van der Waals surface area (Å²) in [6, 6.07) is 12.6. The maximum atomic E-state index is 12.9. The lowest BCUT2D eigenvalue weighted by Gasteiger charge is -2.13. The Hall–Kier alpha value is -3.39. The molecule has 2 amide bonds. The molecule has 160 valence electrons. The van der Waals surface area contributed by atoms with E-state index >= 15 is 0 Å². The van der Waals surface area contributed by atoms with Crippen LogP contribution < -0.4 is 20.1 Å². The van der Waals surface area contributed by atoms with Gasteiger partial charge >= 0.3 is 0 Å². The molecule has 0 saturated carbocycles. The van der Waals surface area contributed by atoms with Gasteiger partial charge < -0.3 is 14.8 Å². The van der Waals surface area contributed by atoms with E-state index in [1.165, 1.54) is 11.3 Å². The number of aromatic nitrogens is 1. The molecule has 1 aliphatic carbocycles. The highest BCUT2D eigenvalue weighted by molar-refractivity contribution is 7.16. The van der Waals surface area contributed by atoms with Crippen molar-refractivity contribution in [2.75, 3.05) is 24.9 Å². The van der Waals surface area contributed by atoms with Crippen LogP contribution in [0.2, 0.25) is 0 Å². The third-order valence-corrected chi connectivity index (χ3v) is 6.27. The van der Waals surface area contributed by atoms with Gasteiger partial charge in [-0.05, 0) is 44.0 Å². The first kappa shape index (κ1) is 20.9. The van der Waals surface area contributed by atoms with Crippen LogP contribution in [-0.2, 0) is 11.2 Å². The molecule has 1 heterocycles. The van der Waals surface area contributed by atoms with Crippen LogP contribution in [0.1, 0.15) is 38.8 Å². The van der Waals surface area contributed by atoms with Crippen LogP contribution >= 0.6 is 11.3 Å². The van der Waals surface area contributed by atoms with E-state index in [4.69, 9.17) is 9.47 Å². The molecule has 2 N–H and O–H groups in total. The van der Waals surface area contributed by atoms with Gasteiger partial charge in [-0.2, -0.15) is 0 Å². The van der Waals surface area contributed by atoms with Crippen LogP contribution in [-0.4, -0.2) is 31.0 Å². The molecule has 31 heavy (non-hydrogen) atoms. The predicted molar refractivity (Wildman–Crippen MR) is 120 cm³/mol. The molecule has 1 aromatic heterocycles. The number of methoxy groups -OCH3 is 2. The van der Waals surface area contributed by atoms with Crippen molar-refractivity contribution in [2.24, 2.45) is 0 Å². The topological polar surface area (TPSA) is 89.6 Å². The summed E-state index contributed by atoms with van der Waals surface area (Å²) < 4.78 is 10.5. The summed E-state index contributed by atoms with van der Waals surface area (Å²) in [5, 5.41) is 6.30. The number of hydrogen-bond acceptors (Lipinski definition) is 6. The predicted octanol–water partition coefficient (Wildman–Crippen LogP) is 4.39. The Morgan fingerprint density at radius 3 is 2.48 bits per heavy atom. The van der Waals surface area contributed by atoms with Gasteiger partial charge in [0.15, 0.2) is 16.6 Å². The second-order valence-corrected chi connectivity index (χ2v) is 8.38. The molecule has 0 unspecified atom stereocenters. The summed E-state index contributed by atoms with van der Waals surface area (Å²) >= 11 is 1.43. The fraction of sp³-hybridized carbons (Fsp3) is 0.261. The number of rotatable bonds is 6. The Morgan fingerprint density at radius 2 is 1.77 bits per heavy atom. The summed E-state index contributed by atoms with van der Waals surface area (Å²) in [6.45, 7) is 1.97. The Labute approximate surface area is 184 Å². The average Bonchev–Trinajstić information content (AvgIpc) is 3.34. The zero-order valence-corrected chi connectivity index (χ0v) is 18.3. The maximum absolute atomic E-state index is 12.9. The highest BCUT2D eigenvalue weighted by atomic mass is 32.1. The molecular formula is C23H23N3O4S. The number of aryl methyl sites for hydroxylation is 2. The van der Waals surface area contributed by atoms with Gasteiger partial charge in [0, 0.05) is 22.2 Å². The number of fused-ring (bicyclic) bond motifs is 1. The van der Waals surface area contributed by atoms with E-state index < -0.39 is 0 Å². The molecule has 0 bridgehead atoms. The molecule has 0 aliphatic heterocycles. The van der Waals surface area contributed by atoms with Crippen molar-refractivity contribution in [1.82, 2.24) is 4.98 Å². The van der Waals surface area contributed by atoms with E-state index in [9.17, 15) is 9.59 Å². The summed E-state index contributed by atoms with van der Waals surface area (Å²) in [4.78, 5) is 31.0. The molecule has 0 saturated heterocycles. The van der Waals surface area contributed by atoms with Crippen LogP contribution in [0.15, 0.2) is 42.5 Å². The number of carbonyl (C=O) groups excluding carboxylic acids is 2. The normalized spacial score (nSPS) is 14.6. The first-order valence-corrected chi connectivity index (χ1v) is 10.7. The molecule has 0 radical (unpaired) electrons. The van der Waals surface area contributed by atoms with Crippen molar-refractivity contribution in [2.45, 2.75) is 25.7 Å². The lowest BCUT2D eigenvalue weighted by Crippen LogP contribution is -2.20. The van der Waals surface area contributed by atoms with Gasteiger partial charge in [0.25, 0.3) is 5.91 Å². The molecule has 7 nitrogen and oxygen atoms in total. The van der Waals surface area contributed by atoms with Crippen LogP contribution in [0.25, 0.3) is 0 Å². The Morgan fingerprint density at radius 1 is 1.03 bits per heavy atom. The second kappa shape index (κ2) is 8.77. The van der Waals surface area contributed by atoms with Gasteiger partial charge in [0.1, 0.15) is 0 Å². The summed E-state index contributed by atoms with van der Waals surface area (Å²) in [5.74, 6) is 0.440. The molecule has 0 fully saturated rings. The Kier molecular flexibility index (Phi) is 5.90. The highest BCUT2D eigenvalue weighted by Gasteiger charge is 2.33. The van der Waals surface area contributed by atoms with Crippen molar-refractivity contribution in [1.29, 1.82) is 0 Å². The van der Waals surface area contributed by atoms with E-state index in [0.29, 0.717) is 34.3 Å². The van der Waals surface area contributed by atoms with Crippen molar-refractivity contribution >= 4 is 34.0 Å². The van der Waals surface area contributed by atoms with E-state index in [-0.39, 0.29) is 17.7 Å². The molecular weight excluding hydrogens is 414 g/mol. The third kappa shape index (κ3) is 4.39. The van der Waals surface area contributed by atoms with Gasteiger partial charge in [-0.1, -0.05) is 17.7 Å². The Bertz CT molecular complexity index is 1120. The van der Waals surface area contributed by atoms with Crippen LogP contribution in [0, 0.1) is 6.92 Å². The smallest absolute Gasteiger partial charge is 0.257 e. The van der Waals surface area contributed by atoms with Crippen molar-refractivity contribution in [3.8, 4) is 11.5 Å². The minimum Gasteiger partial charge on any atom is -0.493 e. The van der Waals surface area contributed by atoms with Crippen LogP contribution in [0.4, 0.5) is 10.8 Å². The van der Waals surface area contributed by atoms with E-state index in [0.717, 1.165) is 22.6 Å². The maximum Gasteiger partial charge on any atom is 0.257 e. The van der Waals surface area contributed by atoms with Gasteiger partial charge in [0.2, 0.25) is 5.91 Å². The standard InChI is InChI=1S/C23H23N3O4S/c1-13-4-6-14(7-5-13)21(27)26-23-25-20-16(9-11-19(20)31-23)22(28)24-15-8-10-17(29-2)18(12-15)30-3/h4-8,10,12,16H,9,11H2,1-3H3,(H,24,28)(H,25,26,27)/t16-/m0/s1. The van der Waals surface area contributed by atoms with E-state index in [1.807, 2.05) is 19.1 Å². The molecule has 8 heteroatoms. The fourth-order valence-corrected chi connectivity index (χ4v) is 4.59. The van der Waals surface area contributed by atoms with Crippen molar-refractivity contribution in [3.05, 3.63) is 64.2 Å². The SMILES string of the molecule is COc1ccc(NC(=O)[C@H]2CCc3sc(NC(=O)c4ccc(C)cc4)nc32)cc1OC. The number of ether oxygens (including phenoxy) is 2. The minimum atomic E-state index is -0.357. The molecule has 4 rings (SSSR count). The van der Waals surface area contributed by atoms with Gasteiger partial charge in [-0.15, -0.1) is 11.3 Å². The monoisotopic (exact) mass is 437 g/mol. The zero-order valence-electron chi connectivity index (χ0n) is 17.5. The lowest BCUT2D eigenvalue weighted by atomic mass is 10.1. The number of thiazole rings is 1. The average molecular weight is 438 g/mol. The fourth-order valence-electron chi connectivity index (χ4n) is 3.55. The lowest BCUT2D eigenvalue weighted by molar-refractivity contribution is -0.117. The summed E-state index contributed by atoms with van der Waals surface area (Å²) in [5.41, 5.74) is 3.03. The third-order valence-electron chi connectivity index (χ3n) is 5.22. The van der Waals surface area contributed by atoms with Gasteiger partial charge in [-0.25, -0.2) is 4.98 Å². The van der Waals surface area contributed by atoms with E-state index in [1.54, 1.807) is 44.6 Å². The first-order valence-electron chi connectivity index (χ1n) is 9.89. The number of nitrogens with one attached hydrogen (secondary N) is 2. The van der Waals surface area contributed by atoms with Crippen molar-refractivity contribution in [3.63, 3.8) is 0 Å². The number of hydrogen-bond donors (Lipinski definition) is 2. The first-order chi connectivity index (χ1) is 15.0. The molecule has 1 aliphatic rings. The largest absolute Gasteiger partial charge is 0.493 e. The second-order valence-electron chi connectivity index (χ2n) is 7.30. The number of anilines is 2. The van der Waals surface area contributed by atoms with E-state index in [2.05, 4.69) is 15.6 Å². The highest BCUT2D eigenvalue weighted by Crippen LogP contribution is 2.39. The quantitative estimate of drug-likeness (QED) is 0.597. The minimum absolute atomic E-state index is 0.132. The van der Waals surface area contributed by atoms with Crippen LogP contribution in [0.5, 0.6) is 11.5 Å². The molecule has 0 spiro atoms.